The van der Waals surface area contributed by atoms with Crippen LogP contribution in [-0.2, 0) is 6.42 Å². The van der Waals surface area contributed by atoms with Gasteiger partial charge in [-0.25, -0.2) is 0 Å². The van der Waals surface area contributed by atoms with Crippen molar-refractivity contribution in [3.8, 4) is 0 Å². The number of hydrogen-bond donors (Lipinski definition) is 1. The summed E-state index contributed by atoms with van der Waals surface area (Å²) in [5, 5.41) is 3.49. The van der Waals surface area contributed by atoms with Crippen molar-refractivity contribution in [2.45, 2.75) is 20.3 Å². The zero-order valence-corrected chi connectivity index (χ0v) is 18.8. The summed E-state index contributed by atoms with van der Waals surface area (Å²) in [4.78, 5) is 12.3. The molecule has 1 fully saturated rings. The van der Waals surface area contributed by atoms with Crippen LogP contribution < -0.4 is 10.2 Å². The first kappa shape index (κ1) is 21.4. The Hall–Kier alpha value is -0.860. The molecule has 1 saturated heterocycles. The fourth-order valence-electron chi connectivity index (χ4n) is 3.72. The van der Waals surface area contributed by atoms with E-state index in [-0.39, 0.29) is 24.0 Å². The van der Waals surface area contributed by atoms with Gasteiger partial charge in [0.05, 0.1) is 0 Å². The first-order valence-corrected chi connectivity index (χ1v) is 9.72. The lowest BCUT2D eigenvalue weighted by Crippen LogP contribution is -2.46. The third-order valence-electron chi connectivity index (χ3n) is 5.20. The van der Waals surface area contributed by atoms with Crippen molar-refractivity contribution < 1.29 is 0 Å². The van der Waals surface area contributed by atoms with E-state index in [2.05, 4.69) is 65.2 Å². The van der Waals surface area contributed by atoms with Gasteiger partial charge >= 0.3 is 0 Å². The zero-order chi connectivity index (χ0) is 17.6. The van der Waals surface area contributed by atoms with Crippen LogP contribution in [0.3, 0.4) is 0 Å². The van der Waals surface area contributed by atoms with Crippen molar-refractivity contribution in [3.63, 3.8) is 0 Å². The highest BCUT2D eigenvalue weighted by Crippen LogP contribution is 2.27. The minimum atomic E-state index is 0. The molecule has 5 nitrogen and oxygen atoms in total. The molecule has 6 heteroatoms. The molecule has 1 N–H and O–H groups in total. The Morgan fingerprint density at radius 1 is 1.15 bits per heavy atom. The Balaban J connectivity index is 0.00000243. The number of guanidine groups is 1. The number of fused-ring (bicyclic) bond motifs is 1. The van der Waals surface area contributed by atoms with Crippen LogP contribution in [0.2, 0.25) is 0 Å². The number of anilines is 1. The summed E-state index contributed by atoms with van der Waals surface area (Å²) in [6.45, 7) is 13.2. The topological polar surface area (TPSA) is 34.1 Å². The summed E-state index contributed by atoms with van der Waals surface area (Å²) in [6.07, 6.45) is 1.11. The summed E-state index contributed by atoms with van der Waals surface area (Å²) in [6, 6.07) is 8.69. The molecule has 0 bridgehead atoms. The quantitative estimate of drug-likeness (QED) is 0.407. The minimum absolute atomic E-state index is 0. The van der Waals surface area contributed by atoms with E-state index < -0.39 is 0 Å². The molecule has 3 rings (SSSR count). The number of hydrogen-bond acceptors (Lipinski definition) is 3. The minimum Gasteiger partial charge on any atom is -0.356 e. The average Bonchev–Trinajstić information content (AvgIpc) is 3.05. The van der Waals surface area contributed by atoms with Crippen LogP contribution in [0.15, 0.2) is 29.3 Å². The summed E-state index contributed by atoms with van der Waals surface area (Å²) in [7, 11) is 2.21. The van der Waals surface area contributed by atoms with Crippen molar-refractivity contribution in [2.75, 3.05) is 64.3 Å². The summed E-state index contributed by atoms with van der Waals surface area (Å²) < 4.78 is 0. The molecule has 0 radical (unpaired) electrons. The molecule has 0 saturated carbocycles. The fraction of sp³-hybridized carbons (Fsp3) is 0.650. The van der Waals surface area contributed by atoms with Crippen molar-refractivity contribution in [3.05, 3.63) is 29.8 Å². The Morgan fingerprint density at radius 2 is 1.88 bits per heavy atom. The second-order valence-electron chi connectivity index (χ2n) is 7.43. The Kier molecular flexibility index (Phi) is 8.63. The standard InChI is InChI=1S/C20H33N5.HI/c1-4-21-20(25-10-9-18-7-5-6-8-19(18)25)22-15-17(2)16-24-13-11-23(3)12-14-24;/h5-8,17H,4,9-16H2,1-3H3,(H,21,22);1H. The molecule has 0 aromatic heterocycles. The van der Waals surface area contributed by atoms with E-state index in [1.54, 1.807) is 0 Å². The van der Waals surface area contributed by atoms with Crippen LogP contribution in [0.25, 0.3) is 0 Å². The highest BCUT2D eigenvalue weighted by atomic mass is 127. The third-order valence-corrected chi connectivity index (χ3v) is 5.20. The molecule has 0 spiro atoms. The van der Waals surface area contributed by atoms with Gasteiger partial charge in [0, 0.05) is 58.0 Å². The van der Waals surface area contributed by atoms with E-state index in [0.717, 1.165) is 38.6 Å². The number of likely N-dealkylation sites (N-methyl/N-ethyl adjacent to an activating group) is 1. The normalized spacial score (nSPS) is 19.8. The number of nitrogens with zero attached hydrogens (tertiary/aromatic N) is 4. The lowest BCUT2D eigenvalue weighted by atomic mass is 10.1. The lowest BCUT2D eigenvalue weighted by Gasteiger charge is -2.33. The van der Waals surface area contributed by atoms with E-state index in [0.29, 0.717) is 5.92 Å². The van der Waals surface area contributed by atoms with E-state index >= 15 is 0 Å². The van der Waals surface area contributed by atoms with Gasteiger partial charge in [0.2, 0.25) is 0 Å². The van der Waals surface area contributed by atoms with E-state index in [1.807, 2.05) is 0 Å². The molecule has 2 aliphatic rings. The van der Waals surface area contributed by atoms with Crippen LogP contribution in [0, 0.1) is 5.92 Å². The number of nitrogens with one attached hydrogen (secondary N) is 1. The van der Waals surface area contributed by atoms with Crippen molar-refractivity contribution in [2.24, 2.45) is 10.9 Å². The highest BCUT2D eigenvalue weighted by Gasteiger charge is 2.22. The molecule has 26 heavy (non-hydrogen) atoms. The molecule has 0 amide bonds. The van der Waals surface area contributed by atoms with Gasteiger partial charge in [0.15, 0.2) is 5.96 Å². The first-order valence-electron chi connectivity index (χ1n) is 9.72. The van der Waals surface area contributed by atoms with E-state index in [4.69, 9.17) is 4.99 Å². The van der Waals surface area contributed by atoms with Gasteiger partial charge in [-0.05, 0) is 37.9 Å². The van der Waals surface area contributed by atoms with Crippen LogP contribution in [0.4, 0.5) is 5.69 Å². The predicted molar refractivity (Wildman–Crippen MR) is 122 cm³/mol. The van der Waals surface area contributed by atoms with Crippen molar-refractivity contribution >= 4 is 35.6 Å². The molecule has 1 atom stereocenters. The second-order valence-corrected chi connectivity index (χ2v) is 7.43. The molecular weight excluding hydrogens is 437 g/mol. The summed E-state index contributed by atoms with van der Waals surface area (Å²) in [5.41, 5.74) is 2.74. The third kappa shape index (κ3) is 5.57. The number of rotatable bonds is 5. The van der Waals surface area contributed by atoms with Gasteiger partial charge in [0.25, 0.3) is 0 Å². The van der Waals surface area contributed by atoms with Gasteiger partial charge in [0.1, 0.15) is 0 Å². The maximum Gasteiger partial charge on any atom is 0.198 e. The number of piperazine rings is 1. The van der Waals surface area contributed by atoms with Crippen LogP contribution in [0.1, 0.15) is 19.4 Å². The molecule has 1 aromatic rings. The van der Waals surface area contributed by atoms with Crippen molar-refractivity contribution in [1.29, 1.82) is 0 Å². The first-order chi connectivity index (χ1) is 12.2. The maximum absolute atomic E-state index is 4.97. The van der Waals surface area contributed by atoms with Crippen LogP contribution in [-0.4, -0.2) is 75.2 Å². The zero-order valence-electron chi connectivity index (χ0n) is 16.4. The Labute approximate surface area is 175 Å². The Morgan fingerprint density at radius 3 is 2.62 bits per heavy atom. The molecule has 2 heterocycles. The molecular formula is C20H34IN5. The smallest absolute Gasteiger partial charge is 0.198 e. The number of benzene rings is 1. The van der Waals surface area contributed by atoms with Gasteiger partial charge in [-0.1, -0.05) is 25.1 Å². The Bertz CT molecular complexity index is 583. The SMILES string of the molecule is CCNC(=NCC(C)CN1CCN(C)CC1)N1CCc2ccccc21.I. The highest BCUT2D eigenvalue weighted by molar-refractivity contribution is 14.0. The van der Waals surface area contributed by atoms with Crippen LogP contribution in [0.5, 0.6) is 0 Å². The molecule has 1 unspecified atom stereocenters. The molecule has 2 aliphatic heterocycles. The van der Waals surface area contributed by atoms with Gasteiger partial charge in [-0.3, -0.25) is 4.99 Å². The number of para-hydroxylation sites is 1. The van der Waals surface area contributed by atoms with Crippen molar-refractivity contribution in [1.82, 2.24) is 15.1 Å². The molecule has 0 aliphatic carbocycles. The monoisotopic (exact) mass is 471 g/mol. The lowest BCUT2D eigenvalue weighted by molar-refractivity contribution is 0.140. The maximum atomic E-state index is 4.97. The van der Waals surface area contributed by atoms with Gasteiger partial charge in [-0.15, -0.1) is 24.0 Å². The van der Waals surface area contributed by atoms with Crippen LogP contribution >= 0.6 is 24.0 Å². The molecule has 146 valence electrons. The number of halogens is 1. The second kappa shape index (κ2) is 10.5. The average molecular weight is 471 g/mol. The molecule has 1 aromatic carbocycles. The van der Waals surface area contributed by atoms with Gasteiger partial charge < -0.3 is 20.0 Å². The summed E-state index contributed by atoms with van der Waals surface area (Å²) in [5.74, 6) is 1.62. The summed E-state index contributed by atoms with van der Waals surface area (Å²) >= 11 is 0. The van der Waals surface area contributed by atoms with E-state index in [1.165, 1.54) is 37.4 Å². The largest absolute Gasteiger partial charge is 0.356 e. The fourth-order valence-corrected chi connectivity index (χ4v) is 3.72. The number of aliphatic imine (C=N–C) groups is 1. The van der Waals surface area contributed by atoms with Gasteiger partial charge in [-0.2, -0.15) is 0 Å². The predicted octanol–water partition coefficient (Wildman–Crippen LogP) is 2.52. The van der Waals surface area contributed by atoms with E-state index in [9.17, 15) is 0 Å².